The van der Waals surface area contributed by atoms with E-state index in [-0.39, 0.29) is 30.5 Å². The molecule has 2 atom stereocenters. The van der Waals surface area contributed by atoms with Gasteiger partial charge < -0.3 is 13.8 Å². The van der Waals surface area contributed by atoms with Gasteiger partial charge in [-0.05, 0) is 5.92 Å². The first-order valence-corrected chi connectivity index (χ1v) is 4.04. The van der Waals surface area contributed by atoms with Crippen molar-refractivity contribution in [3.05, 3.63) is 13.8 Å². The molecule has 2 unspecified atom stereocenters. The molecule has 3 fully saturated rings. The van der Waals surface area contributed by atoms with Crippen LogP contribution in [0.15, 0.2) is 0 Å². The second-order valence-electron chi connectivity index (χ2n) is 4.17. The maximum atomic E-state index is 2.53. The number of hydrogen-bond acceptors (Lipinski definition) is 0. The monoisotopic (exact) mass is 162 g/mol. The predicted octanol–water partition coefficient (Wildman–Crippen LogP) is 2.72. The molecule has 60 valence electrons. The van der Waals surface area contributed by atoms with Crippen LogP contribution >= 0.6 is 0 Å². The zero-order valence-electron chi connectivity index (χ0n) is 8.06. The van der Waals surface area contributed by atoms with Gasteiger partial charge in [0.1, 0.15) is 0 Å². The minimum atomic E-state index is 0. The van der Waals surface area contributed by atoms with Crippen LogP contribution in [0.2, 0.25) is 0 Å². The fraction of sp³-hybridized carbons (Fsp3) is 0.800. The SMILES string of the molecule is CC1(C)C2[CH-]CCC1C2.[CH3-].[Mg+2]. The summed E-state index contributed by atoms with van der Waals surface area (Å²) in [7, 11) is 0. The van der Waals surface area contributed by atoms with Crippen molar-refractivity contribution in [1.82, 2.24) is 0 Å². The molecular weight excluding hydrogens is 144 g/mol. The normalized spacial score (nSPS) is 37.6. The van der Waals surface area contributed by atoms with Crippen LogP contribution in [0.5, 0.6) is 0 Å². The Morgan fingerprint density at radius 3 is 2.18 bits per heavy atom. The minimum absolute atomic E-state index is 0. The summed E-state index contributed by atoms with van der Waals surface area (Å²) in [5, 5.41) is 0. The summed E-state index contributed by atoms with van der Waals surface area (Å²) in [6.07, 6.45) is 6.87. The first-order valence-electron chi connectivity index (χ1n) is 4.04. The molecule has 0 nitrogen and oxygen atoms in total. The summed E-state index contributed by atoms with van der Waals surface area (Å²) in [5.41, 5.74) is 0.679. The van der Waals surface area contributed by atoms with Crippen LogP contribution in [-0.2, 0) is 0 Å². The van der Waals surface area contributed by atoms with Crippen molar-refractivity contribution >= 4 is 23.1 Å². The molecule has 0 saturated heterocycles. The van der Waals surface area contributed by atoms with Gasteiger partial charge in [0.05, 0.1) is 0 Å². The molecule has 0 aliphatic heterocycles. The van der Waals surface area contributed by atoms with Gasteiger partial charge >= 0.3 is 23.1 Å². The zero-order valence-corrected chi connectivity index (χ0v) is 9.47. The van der Waals surface area contributed by atoms with E-state index in [1.165, 1.54) is 19.3 Å². The molecule has 0 heterocycles. The van der Waals surface area contributed by atoms with Crippen molar-refractivity contribution in [2.75, 3.05) is 0 Å². The van der Waals surface area contributed by atoms with Crippen LogP contribution in [0.1, 0.15) is 33.1 Å². The van der Waals surface area contributed by atoms with Crippen molar-refractivity contribution in [1.29, 1.82) is 0 Å². The Balaban J connectivity index is 0.000000500. The molecule has 3 saturated carbocycles. The van der Waals surface area contributed by atoms with E-state index in [2.05, 4.69) is 20.3 Å². The van der Waals surface area contributed by atoms with E-state index < -0.39 is 0 Å². The van der Waals surface area contributed by atoms with E-state index in [9.17, 15) is 0 Å². The van der Waals surface area contributed by atoms with E-state index in [4.69, 9.17) is 0 Å². The van der Waals surface area contributed by atoms with Crippen LogP contribution in [0.25, 0.3) is 0 Å². The average molecular weight is 163 g/mol. The Morgan fingerprint density at radius 1 is 1.36 bits per heavy atom. The van der Waals surface area contributed by atoms with Crippen LogP contribution in [-0.4, -0.2) is 23.1 Å². The molecular formula is C10H18Mg. The molecule has 2 bridgehead atoms. The van der Waals surface area contributed by atoms with Crippen molar-refractivity contribution in [2.24, 2.45) is 17.3 Å². The van der Waals surface area contributed by atoms with E-state index in [1.807, 2.05) is 0 Å². The molecule has 0 aromatic carbocycles. The Kier molecular flexibility index (Phi) is 3.91. The fourth-order valence-corrected chi connectivity index (χ4v) is 2.44. The second-order valence-corrected chi connectivity index (χ2v) is 4.17. The van der Waals surface area contributed by atoms with E-state index in [0.29, 0.717) is 5.41 Å². The Morgan fingerprint density at radius 2 is 2.00 bits per heavy atom. The molecule has 0 amide bonds. The fourth-order valence-electron chi connectivity index (χ4n) is 2.44. The summed E-state index contributed by atoms with van der Waals surface area (Å²) in [6, 6.07) is 0. The molecule has 0 aromatic heterocycles. The van der Waals surface area contributed by atoms with Crippen molar-refractivity contribution < 1.29 is 0 Å². The third kappa shape index (κ3) is 1.60. The predicted molar refractivity (Wildman–Crippen MR) is 51.1 cm³/mol. The van der Waals surface area contributed by atoms with Gasteiger partial charge in [-0.15, -0.1) is 0 Å². The van der Waals surface area contributed by atoms with Gasteiger partial charge in [-0.2, -0.15) is 12.3 Å². The molecule has 0 spiro atoms. The molecule has 0 aromatic rings. The smallest absolute Gasteiger partial charge is 0.358 e. The van der Waals surface area contributed by atoms with Crippen molar-refractivity contribution in [2.45, 2.75) is 33.1 Å². The number of hydrogen-bond donors (Lipinski definition) is 0. The summed E-state index contributed by atoms with van der Waals surface area (Å²) in [4.78, 5) is 0. The molecule has 0 radical (unpaired) electrons. The van der Waals surface area contributed by atoms with Crippen LogP contribution in [0.3, 0.4) is 0 Å². The molecule has 0 N–H and O–H groups in total. The molecule has 3 rings (SSSR count). The Hall–Kier alpha value is 0.766. The summed E-state index contributed by atoms with van der Waals surface area (Å²) in [5.74, 6) is 2.03. The largest absolute Gasteiger partial charge is 2.00 e. The van der Waals surface area contributed by atoms with Crippen LogP contribution in [0.4, 0.5) is 0 Å². The zero-order chi connectivity index (χ0) is 6.48. The quantitative estimate of drug-likeness (QED) is 0.380. The standard InChI is InChI=1S/C9H15.CH3.Mg/c1-9(2)7-4-3-5-8(9)6-7;;/h4,7-8H,3,5-6H2,1-2H3;1H3;/q2*-1;+2. The third-order valence-electron chi connectivity index (χ3n) is 3.51. The van der Waals surface area contributed by atoms with E-state index in [0.717, 1.165) is 11.8 Å². The second kappa shape index (κ2) is 3.65. The van der Waals surface area contributed by atoms with Gasteiger partial charge in [0.2, 0.25) is 0 Å². The van der Waals surface area contributed by atoms with Crippen LogP contribution < -0.4 is 0 Å². The number of rotatable bonds is 0. The number of fused-ring (bicyclic) bond motifs is 2. The van der Waals surface area contributed by atoms with Gasteiger partial charge in [-0.3, -0.25) is 0 Å². The summed E-state index contributed by atoms with van der Waals surface area (Å²) in [6.45, 7) is 4.84. The Labute approximate surface area is 87.3 Å². The van der Waals surface area contributed by atoms with Gasteiger partial charge in [-0.25, -0.2) is 0 Å². The van der Waals surface area contributed by atoms with Crippen molar-refractivity contribution in [3.8, 4) is 0 Å². The first-order chi connectivity index (χ1) is 4.21. The maximum Gasteiger partial charge on any atom is 2.00 e. The van der Waals surface area contributed by atoms with Gasteiger partial charge in [-0.1, -0.05) is 32.1 Å². The first kappa shape index (κ1) is 11.8. The van der Waals surface area contributed by atoms with Gasteiger partial charge in [0.25, 0.3) is 0 Å². The van der Waals surface area contributed by atoms with E-state index >= 15 is 0 Å². The van der Waals surface area contributed by atoms with Gasteiger partial charge in [0, 0.05) is 0 Å². The summed E-state index contributed by atoms with van der Waals surface area (Å²) < 4.78 is 0. The third-order valence-corrected chi connectivity index (χ3v) is 3.51. The van der Waals surface area contributed by atoms with Crippen LogP contribution in [0, 0.1) is 31.1 Å². The Bertz CT molecular complexity index is 113. The molecule has 1 heteroatoms. The minimum Gasteiger partial charge on any atom is -0.358 e. The van der Waals surface area contributed by atoms with Crippen molar-refractivity contribution in [3.63, 3.8) is 0 Å². The molecule has 3 aliphatic rings. The molecule has 3 aliphatic carbocycles. The van der Waals surface area contributed by atoms with E-state index in [1.54, 1.807) is 0 Å². The average Bonchev–Trinajstić information content (AvgIpc) is 1.89. The van der Waals surface area contributed by atoms with Gasteiger partial charge in [0.15, 0.2) is 0 Å². The topological polar surface area (TPSA) is 0 Å². The maximum absolute atomic E-state index is 2.53. The summed E-state index contributed by atoms with van der Waals surface area (Å²) >= 11 is 0. The molecule has 11 heavy (non-hydrogen) atoms.